The van der Waals surface area contributed by atoms with Crippen LogP contribution in [-0.2, 0) is 9.47 Å². The van der Waals surface area contributed by atoms with E-state index in [-0.39, 0.29) is 5.60 Å². The lowest BCUT2D eigenvalue weighted by Crippen LogP contribution is -2.27. The fourth-order valence-corrected chi connectivity index (χ4v) is 2.65. The molecule has 1 spiro atoms. The van der Waals surface area contributed by atoms with Crippen LogP contribution in [0.25, 0.3) is 0 Å². The topological polar surface area (TPSA) is 25.1 Å². The van der Waals surface area contributed by atoms with Gasteiger partial charge in [0.15, 0.2) is 0 Å². The van der Waals surface area contributed by atoms with Crippen LogP contribution in [0, 0.1) is 0 Å². The largest absolute Gasteiger partial charge is 0.369 e. The zero-order valence-electron chi connectivity index (χ0n) is 6.69. The van der Waals surface area contributed by atoms with Crippen molar-refractivity contribution >= 4 is 0 Å². The van der Waals surface area contributed by atoms with Gasteiger partial charge in [-0.05, 0) is 5.57 Å². The van der Waals surface area contributed by atoms with E-state index in [4.69, 9.17) is 9.47 Å². The highest BCUT2D eigenvalue weighted by Crippen LogP contribution is 2.58. The van der Waals surface area contributed by atoms with Crippen molar-refractivity contribution in [2.75, 3.05) is 0 Å². The smallest absolute Gasteiger partial charge is 0.123 e. The van der Waals surface area contributed by atoms with Crippen molar-refractivity contribution in [2.45, 2.75) is 36.8 Å². The zero-order chi connectivity index (χ0) is 7.76. The van der Waals surface area contributed by atoms with E-state index in [9.17, 15) is 0 Å². The number of hydrogen-bond donors (Lipinski definition) is 0. The third-order valence-corrected chi connectivity index (χ3v) is 3.48. The van der Waals surface area contributed by atoms with Crippen LogP contribution in [0.5, 0.6) is 0 Å². The average Bonchev–Trinajstić information content (AvgIpc) is 2.90. The third-order valence-electron chi connectivity index (χ3n) is 3.48. The molecule has 0 amide bonds. The lowest BCUT2D eigenvalue weighted by atomic mass is 9.79. The van der Waals surface area contributed by atoms with Crippen LogP contribution in [0.3, 0.4) is 0 Å². The third kappa shape index (κ3) is 0.529. The molecule has 2 nitrogen and oxygen atoms in total. The van der Waals surface area contributed by atoms with Crippen molar-refractivity contribution in [1.82, 2.24) is 0 Å². The Morgan fingerprint density at radius 3 is 3.42 bits per heavy atom. The van der Waals surface area contributed by atoms with Crippen molar-refractivity contribution in [3.05, 3.63) is 23.8 Å². The summed E-state index contributed by atoms with van der Waals surface area (Å²) in [6.07, 6.45) is 10.1. The first-order chi connectivity index (χ1) is 5.88. The summed E-state index contributed by atoms with van der Waals surface area (Å²) in [5, 5.41) is 0. The van der Waals surface area contributed by atoms with E-state index < -0.39 is 0 Å². The van der Waals surface area contributed by atoms with Gasteiger partial charge in [0.25, 0.3) is 0 Å². The van der Waals surface area contributed by atoms with Crippen molar-refractivity contribution in [1.29, 1.82) is 0 Å². The lowest BCUT2D eigenvalue weighted by molar-refractivity contribution is 0.290. The summed E-state index contributed by atoms with van der Waals surface area (Å²) in [5.74, 6) is 0. The van der Waals surface area contributed by atoms with Crippen LogP contribution in [0.15, 0.2) is 23.8 Å². The summed E-state index contributed by atoms with van der Waals surface area (Å²) >= 11 is 0. The van der Waals surface area contributed by atoms with Crippen LogP contribution < -0.4 is 0 Å². The summed E-state index contributed by atoms with van der Waals surface area (Å²) < 4.78 is 11.2. The van der Waals surface area contributed by atoms with Crippen molar-refractivity contribution in [3.63, 3.8) is 0 Å². The lowest BCUT2D eigenvalue weighted by Gasteiger charge is -2.20. The van der Waals surface area contributed by atoms with Gasteiger partial charge in [-0.15, -0.1) is 0 Å². The second-order valence-corrected chi connectivity index (χ2v) is 4.13. The summed E-state index contributed by atoms with van der Waals surface area (Å²) in [6.45, 7) is 0. The van der Waals surface area contributed by atoms with Gasteiger partial charge in [-0.2, -0.15) is 0 Å². The number of rotatable bonds is 0. The van der Waals surface area contributed by atoms with Crippen molar-refractivity contribution in [2.24, 2.45) is 0 Å². The van der Waals surface area contributed by atoms with Crippen LogP contribution in [0.2, 0.25) is 0 Å². The van der Waals surface area contributed by atoms with Gasteiger partial charge >= 0.3 is 0 Å². The van der Waals surface area contributed by atoms with Crippen LogP contribution >= 0.6 is 0 Å². The maximum Gasteiger partial charge on any atom is 0.123 e. The Labute approximate surface area is 70.8 Å². The Morgan fingerprint density at radius 2 is 2.42 bits per heavy atom. The summed E-state index contributed by atoms with van der Waals surface area (Å²) in [5.41, 5.74) is 1.57. The molecular weight excluding hydrogens is 152 g/mol. The van der Waals surface area contributed by atoms with Gasteiger partial charge in [0.1, 0.15) is 11.7 Å². The summed E-state index contributed by atoms with van der Waals surface area (Å²) in [7, 11) is 0. The summed E-state index contributed by atoms with van der Waals surface area (Å²) in [6, 6.07) is 0. The van der Waals surface area contributed by atoms with E-state index in [1.807, 2.05) is 0 Å². The molecule has 2 saturated heterocycles. The van der Waals surface area contributed by atoms with E-state index in [0.29, 0.717) is 18.3 Å². The second-order valence-electron chi connectivity index (χ2n) is 4.13. The molecule has 0 aromatic carbocycles. The minimum absolute atomic E-state index is 0.104. The Hall–Kier alpha value is -0.600. The molecule has 0 aromatic heterocycles. The van der Waals surface area contributed by atoms with Crippen molar-refractivity contribution < 1.29 is 9.47 Å². The zero-order valence-corrected chi connectivity index (χ0v) is 6.69. The Morgan fingerprint density at radius 1 is 1.42 bits per heavy atom. The molecule has 2 aliphatic heterocycles. The molecule has 1 saturated carbocycles. The van der Waals surface area contributed by atoms with E-state index >= 15 is 0 Å². The van der Waals surface area contributed by atoms with Gasteiger partial charge in [-0.25, -0.2) is 0 Å². The second kappa shape index (κ2) is 1.54. The van der Waals surface area contributed by atoms with E-state index in [1.165, 1.54) is 5.57 Å². The SMILES string of the molecule is C1=CC2OC23CC2OC2CC3=C1. The molecule has 2 heteroatoms. The molecule has 2 heterocycles. The molecular formula is C10H10O2. The van der Waals surface area contributed by atoms with Gasteiger partial charge in [0, 0.05) is 12.8 Å². The quantitative estimate of drug-likeness (QED) is 0.500. The van der Waals surface area contributed by atoms with E-state index in [2.05, 4.69) is 18.2 Å². The van der Waals surface area contributed by atoms with E-state index in [0.717, 1.165) is 12.8 Å². The van der Waals surface area contributed by atoms with Crippen LogP contribution in [0.4, 0.5) is 0 Å². The first-order valence-electron chi connectivity index (χ1n) is 4.60. The maximum atomic E-state index is 5.73. The Kier molecular flexibility index (Phi) is 0.765. The highest BCUT2D eigenvalue weighted by molar-refractivity contribution is 5.42. The molecule has 12 heavy (non-hydrogen) atoms. The number of fused-ring (bicyclic) bond motifs is 1. The molecule has 3 fully saturated rings. The normalized spacial score (nSPS) is 58.0. The summed E-state index contributed by atoms with van der Waals surface area (Å²) in [4.78, 5) is 0. The minimum atomic E-state index is 0.104. The van der Waals surface area contributed by atoms with Gasteiger partial charge in [0.05, 0.1) is 12.2 Å². The fourth-order valence-electron chi connectivity index (χ4n) is 2.65. The van der Waals surface area contributed by atoms with Gasteiger partial charge in [-0.1, -0.05) is 18.2 Å². The predicted molar refractivity (Wildman–Crippen MR) is 42.7 cm³/mol. The molecule has 0 radical (unpaired) electrons. The Bertz CT molecular complexity index is 318. The molecule has 4 aliphatic rings. The van der Waals surface area contributed by atoms with E-state index in [1.54, 1.807) is 0 Å². The molecule has 4 unspecified atom stereocenters. The number of hydrogen-bond acceptors (Lipinski definition) is 2. The molecule has 2 aliphatic carbocycles. The molecule has 0 aromatic rings. The monoisotopic (exact) mass is 162 g/mol. The van der Waals surface area contributed by atoms with Crippen molar-refractivity contribution in [3.8, 4) is 0 Å². The molecule has 4 atom stereocenters. The van der Waals surface area contributed by atoms with Gasteiger partial charge in [0.2, 0.25) is 0 Å². The highest BCUT2D eigenvalue weighted by Gasteiger charge is 2.66. The Balaban J connectivity index is 1.82. The first kappa shape index (κ1) is 5.95. The molecule has 0 N–H and O–H groups in total. The minimum Gasteiger partial charge on any atom is -0.369 e. The fraction of sp³-hybridized carbons (Fsp3) is 0.600. The predicted octanol–water partition coefficient (Wildman–Crippen LogP) is 1.18. The van der Waals surface area contributed by atoms with Crippen LogP contribution in [0.1, 0.15) is 12.8 Å². The number of ether oxygens (including phenoxy) is 2. The molecule has 4 rings (SSSR count). The average molecular weight is 162 g/mol. The standard InChI is InChI=1S/C10H10O2/c1-2-6-4-7-8(11-7)5-10(6)9(3-1)12-10/h1-3,7-9H,4-5H2. The first-order valence-corrected chi connectivity index (χ1v) is 4.60. The number of allylic oxidation sites excluding steroid dienone is 2. The highest BCUT2D eigenvalue weighted by atomic mass is 16.6. The number of epoxide rings is 2. The van der Waals surface area contributed by atoms with Gasteiger partial charge in [-0.3, -0.25) is 0 Å². The molecule has 62 valence electrons. The maximum absolute atomic E-state index is 5.73. The van der Waals surface area contributed by atoms with Gasteiger partial charge < -0.3 is 9.47 Å². The molecule has 0 bridgehead atoms. The van der Waals surface area contributed by atoms with Crippen LogP contribution in [-0.4, -0.2) is 23.9 Å².